The van der Waals surface area contributed by atoms with E-state index in [1.54, 1.807) is 0 Å². The molecule has 0 aromatic heterocycles. The highest BCUT2D eigenvalue weighted by Gasteiger charge is 2.19. The molecular weight excluding hydrogens is 192 g/mol. The third kappa shape index (κ3) is 3.30. The number of aliphatic hydroxyl groups excluding tert-OH is 1. The first kappa shape index (κ1) is 10.6. The number of rotatable bonds is 3. The molecule has 1 N–H and O–H groups in total. The Balaban J connectivity index is 1.74. The first-order valence-corrected chi connectivity index (χ1v) is 5.30. The van der Waals surface area contributed by atoms with Crippen molar-refractivity contribution >= 4 is 0 Å². The van der Waals surface area contributed by atoms with Crippen LogP contribution in [0.5, 0.6) is 0 Å². The van der Waals surface area contributed by atoms with Crippen LogP contribution in [0.15, 0.2) is 30.3 Å². The molecule has 1 fully saturated rings. The minimum absolute atomic E-state index is 0.119. The molecule has 1 aromatic rings. The third-order valence-electron chi connectivity index (χ3n) is 2.54. The summed E-state index contributed by atoms with van der Waals surface area (Å²) < 4.78 is 10.8. The summed E-state index contributed by atoms with van der Waals surface area (Å²) in [6.45, 7) is 1.11. The standard InChI is InChI=1S/C12H16O3/c13-12-7-6-11(9-15-12)14-8-10-4-2-1-3-5-10/h1-5,11-13H,6-9H2/t11-,12?/m0/s1. The lowest BCUT2D eigenvalue weighted by atomic mass is 10.1. The quantitative estimate of drug-likeness (QED) is 0.821. The third-order valence-corrected chi connectivity index (χ3v) is 2.54. The van der Waals surface area contributed by atoms with E-state index < -0.39 is 6.29 Å². The van der Waals surface area contributed by atoms with Crippen molar-refractivity contribution in [3.63, 3.8) is 0 Å². The van der Waals surface area contributed by atoms with Gasteiger partial charge in [-0.2, -0.15) is 0 Å². The zero-order chi connectivity index (χ0) is 10.5. The predicted octanol–water partition coefficient (Wildman–Crippen LogP) is 1.70. The van der Waals surface area contributed by atoms with Gasteiger partial charge in [-0.3, -0.25) is 0 Å². The molecule has 1 heterocycles. The number of hydrogen-bond acceptors (Lipinski definition) is 3. The van der Waals surface area contributed by atoms with E-state index >= 15 is 0 Å². The van der Waals surface area contributed by atoms with Gasteiger partial charge in [-0.25, -0.2) is 0 Å². The normalized spacial score (nSPS) is 26.5. The Labute approximate surface area is 89.6 Å². The molecule has 1 aliphatic rings. The lowest BCUT2D eigenvalue weighted by molar-refractivity contribution is -0.169. The van der Waals surface area contributed by atoms with E-state index in [0.29, 0.717) is 19.6 Å². The van der Waals surface area contributed by atoms with Gasteiger partial charge < -0.3 is 14.6 Å². The van der Waals surface area contributed by atoms with Crippen molar-refractivity contribution in [3.05, 3.63) is 35.9 Å². The van der Waals surface area contributed by atoms with Crippen LogP contribution in [-0.2, 0) is 16.1 Å². The molecule has 15 heavy (non-hydrogen) atoms. The van der Waals surface area contributed by atoms with Gasteiger partial charge in [-0.15, -0.1) is 0 Å². The van der Waals surface area contributed by atoms with E-state index in [2.05, 4.69) is 0 Å². The zero-order valence-corrected chi connectivity index (χ0v) is 8.63. The molecule has 0 radical (unpaired) electrons. The molecule has 2 rings (SSSR count). The number of aliphatic hydroxyl groups is 1. The molecule has 3 heteroatoms. The van der Waals surface area contributed by atoms with Gasteiger partial charge in [0, 0.05) is 6.42 Å². The van der Waals surface area contributed by atoms with Crippen molar-refractivity contribution in [1.82, 2.24) is 0 Å². The van der Waals surface area contributed by atoms with E-state index in [4.69, 9.17) is 14.6 Å². The Morgan fingerprint density at radius 2 is 2.07 bits per heavy atom. The summed E-state index contributed by atoms with van der Waals surface area (Å²) in [5.74, 6) is 0. The van der Waals surface area contributed by atoms with Crippen LogP contribution in [-0.4, -0.2) is 24.1 Å². The molecule has 0 saturated carbocycles. The predicted molar refractivity (Wildman–Crippen MR) is 56.2 cm³/mol. The molecular formula is C12H16O3. The summed E-state index contributed by atoms with van der Waals surface area (Å²) in [7, 11) is 0. The maximum atomic E-state index is 9.13. The highest BCUT2D eigenvalue weighted by molar-refractivity contribution is 5.13. The molecule has 1 unspecified atom stereocenters. The van der Waals surface area contributed by atoms with Crippen LogP contribution in [0.1, 0.15) is 18.4 Å². The molecule has 0 bridgehead atoms. The molecule has 82 valence electrons. The van der Waals surface area contributed by atoms with Crippen LogP contribution in [0, 0.1) is 0 Å². The van der Waals surface area contributed by atoms with Gasteiger partial charge >= 0.3 is 0 Å². The van der Waals surface area contributed by atoms with Gasteiger partial charge in [0.1, 0.15) is 0 Å². The molecule has 3 nitrogen and oxygen atoms in total. The summed E-state index contributed by atoms with van der Waals surface area (Å²) in [4.78, 5) is 0. The Hall–Kier alpha value is -0.900. The minimum Gasteiger partial charge on any atom is -0.371 e. The van der Waals surface area contributed by atoms with Crippen molar-refractivity contribution in [1.29, 1.82) is 0 Å². The topological polar surface area (TPSA) is 38.7 Å². The molecule has 0 aliphatic carbocycles. The zero-order valence-electron chi connectivity index (χ0n) is 8.63. The van der Waals surface area contributed by atoms with E-state index in [0.717, 1.165) is 6.42 Å². The highest BCUT2D eigenvalue weighted by Crippen LogP contribution is 2.15. The van der Waals surface area contributed by atoms with Gasteiger partial charge in [0.25, 0.3) is 0 Å². The molecule has 1 aromatic carbocycles. The minimum atomic E-state index is -0.596. The maximum absolute atomic E-state index is 9.13. The fourth-order valence-electron chi connectivity index (χ4n) is 1.63. The highest BCUT2D eigenvalue weighted by atomic mass is 16.6. The van der Waals surface area contributed by atoms with Crippen LogP contribution < -0.4 is 0 Å². The molecule has 0 amide bonds. The summed E-state index contributed by atoms with van der Waals surface area (Å²) >= 11 is 0. The molecule has 1 aliphatic heterocycles. The number of hydrogen-bond donors (Lipinski definition) is 1. The van der Waals surface area contributed by atoms with Crippen molar-refractivity contribution < 1.29 is 14.6 Å². The van der Waals surface area contributed by atoms with Crippen molar-refractivity contribution in [3.8, 4) is 0 Å². The van der Waals surface area contributed by atoms with Crippen molar-refractivity contribution in [2.75, 3.05) is 6.61 Å². The maximum Gasteiger partial charge on any atom is 0.154 e. The van der Waals surface area contributed by atoms with E-state index in [1.165, 1.54) is 5.56 Å². The smallest absolute Gasteiger partial charge is 0.154 e. The lowest BCUT2D eigenvalue weighted by Gasteiger charge is -2.25. The Morgan fingerprint density at radius 3 is 2.73 bits per heavy atom. The van der Waals surface area contributed by atoms with Gasteiger partial charge in [0.05, 0.1) is 19.3 Å². The van der Waals surface area contributed by atoms with E-state index in [1.807, 2.05) is 30.3 Å². The summed E-state index contributed by atoms with van der Waals surface area (Å²) in [6, 6.07) is 10.1. The summed E-state index contributed by atoms with van der Waals surface area (Å²) in [5.41, 5.74) is 1.17. The molecule has 0 spiro atoms. The first-order chi connectivity index (χ1) is 7.34. The average Bonchev–Trinajstić information content (AvgIpc) is 2.30. The van der Waals surface area contributed by atoms with E-state index in [-0.39, 0.29) is 6.10 Å². The average molecular weight is 208 g/mol. The number of benzene rings is 1. The first-order valence-electron chi connectivity index (χ1n) is 5.30. The van der Waals surface area contributed by atoms with Crippen molar-refractivity contribution in [2.24, 2.45) is 0 Å². The SMILES string of the molecule is OC1CC[C@H](OCc2ccccc2)CO1. The number of ether oxygens (including phenoxy) is 2. The Kier molecular flexibility index (Phi) is 3.72. The van der Waals surface area contributed by atoms with Crippen LogP contribution in [0.3, 0.4) is 0 Å². The second-order valence-corrected chi connectivity index (χ2v) is 3.78. The lowest BCUT2D eigenvalue weighted by Crippen LogP contribution is -2.31. The molecule has 1 saturated heterocycles. The van der Waals surface area contributed by atoms with Crippen LogP contribution in [0.4, 0.5) is 0 Å². The van der Waals surface area contributed by atoms with Crippen molar-refractivity contribution in [2.45, 2.75) is 31.8 Å². The van der Waals surface area contributed by atoms with Gasteiger partial charge in [0.15, 0.2) is 6.29 Å². The summed E-state index contributed by atoms with van der Waals surface area (Å²) in [6.07, 6.45) is 1.06. The Morgan fingerprint density at radius 1 is 1.27 bits per heavy atom. The second-order valence-electron chi connectivity index (χ2n) is 3.78. The fourth-order valence-corrected chi connectivity index (χ4v) is 1.63. The van der Waals surface area contributed by atoms with Gasteiger partial charge in [0.2, 0.25) is 0 Å². The fraction of sp³-hybridized carbons (Fsp3) is 0.500. The molecule has 2 atom stereocenters. The van der Waals surface area contributed by atoms with Gasteiger partial charge in [-0.05, 0) is 12.0 Å². The van der Waals surface area contributed by atoms with Gasteiger partial charge in [-0.1, -0.05) is 30.3 Å². The monoisotopic (exact) mass is 208 g/mol. The van der Waals surface area contributed by atoms with Crippen LogP contribution in [0.25, 0.3) is 0 Å². The second kappa shape index (κ2) is 5.26. The van der Waals surface area contributed by atoms with Crippen LogP contribution in [0.2, 0.25) is 0 Å². The van der Waals surface area contributed by atoms with Crippen LogP contribution >= 0.6 is 0 Å². The summed E-state index contributed by atoms with van der Waals surface area (Å²) in [5, 5.41) is 9.13. The van der Waals surface area contributed by atoms with E-state index in [9.17, 15) is 0 Å². The Bertz CT molecular complexity index is 278. The largest absolute Gasteiger partial charge is 0.371 e.